The predicted molar refractivity (Wildman–Crippen MR) is 96.7 cm³/mol. The largest absolute Gasteiger partial charge is 0.435 e. The number of aryl methyl sites for hydroxylation is 2. The van der Waals surface area contributed by atoms with Crippen LogP contribution in [0.4, 0.5) is 32.0 Å². The molecule has 29 heavy (non-hydrogen) atoms. The van der Waals surface area contributed by atoms with Crippen LogP contribution in [0, 0.1) is 17.5 Å². The molecule has 0 saturated carbocycles. The molecule has 154 valence electrons. The van der Waals surface area contributed by atoms with Crippen LogP contribution in [0.15, 0.2) is 36.4 Å². The van der Waals surface area contributed by atoms with E-state index in [1.807, 2.05) is 0 Å². The first-order chi connectivity index (χ1) is 13.6. The quantitative estimate of drug-likeness (QED) is 0.544. The molecule has 1 heterocycles. The molecule has 2 aromatic carbocycles. The van der Waals surface area contributed by atoms with E-state index >= 15 is 0 Å². The van der Waals surface area contributed by atoms with E-state index in [1.165, 1.54) is 31.3 Å². The molecule has 0 atom stereocenters. The molecule has 9 heteroatoms. The zero-order chi connectivity index (χ0) is 21.3. The van der Waals surface area contributed by atoms with E-state index in [-0.39, 0.29) is 29.1 Å². The Bertz CT molecular complexity index is 1020. The summed E-state index contributed by atoms with van der Waals surface area (Å²) in [5.41, 5.74) is -0.580. The van der Waals surface area contributed by atoms with Gasteiger partial charge in [-0.2, -0.15) is 18.3 Å². The van der Waals surface area contributed by atoms with Crippen molar-refractivity contribution in [2.75, 3.05) is 5.32 Å². The Morgan fingerprint density at radius 1 is 0.966 bits per heavy atom. The number of halogens is 6. The van der Waals surface area contributed by atoms with Crippen molar-refractivity contribution in [2.45, 2.75) is 26.1 Å². The number of alkyl halides is 3. The van der Waals surface area contributed by atoms with E-state index in [0.717, 1.165) is 16.8 Å². The number of rotatable bonds is 5. The van der Waals surface area contributed by atoms with Crippen LogP contribution in [0.25, 0.3) is 11.3 Å². The average Bonchev–Trinajstić information content (AvgIpc) is 3.04. The van der Waals surface area contributed by atoms with Gasteiger partial charge in [-0.05, 0) is 42.3 Å². The molecule has 0 aliphatic rings. The highest BCUT2D eigenvalue weighted by Gasteiger charge is 2.34. The summed E-state index contributed by atoms with van der Waals surface area (Å²) in [6, 6.07) is 6.99. The van der Waals surface area contributed by atoms with Gasteiger partial charge < -0.3 is 5.32 Å². The Morgan fingerprint density at radius 2 is 1.62 bits per heavy atom. The van der Waals surface area contributed by atoms with Crippen LogP contribution >= 0.6 is 0 Å². The lowest BCUT2D eigenvalue weighted by molar-refractivity contribution is -0.141. The van der Waals surface area contributed by atoms with E-state index in [9.17, 15) is 26.3 Å². The van der Waals surface area contributed by atoms with Crippen molar-refractivity contribution in [1.29, 1.82) is 0 Å². The summed E-state index contributed by atoms with van der Waals surface area (Å²) < 4.78 is 81.9. The van der Waals surface area contributed by atoms with Crippen LogP contribution in [-0.4, -0.2) is 9.78 Å². The van der Waals surface area contributed by atoms with Gasteiger partial charge >= 0.3 is 6.18 Å². The number of benzene rings is 2. The Morgan fingerprint density at radius 3 is 2.14 bits per heavy atom. The molecule has 0 saturated heterocycles. The van der Waals surface area contributed by atoms with Gasteiger partial charge in [-0.3, -0.25) is 4.68 Å². The van der Waals surface area contributed by atoms with E-state index < -0.39 is 29.3 Å². The standard InChI is InChI=1S/C20H17F6N3/c1-3-11-6-14(21)13(15(22)7-11)10-27-17-5-4-12(8-16(17)23)18-9-19(20(24,25)26)28-29(18)2/h4-9,27H,3,10H2,1-2H3. The number of aromatic nitrogens is 2. The molecule has 3 nitrogen and oxygen atoms in total. The molecular formula is C20H17F6N3. The van der Waals surface area contributed by atoms with Gasteiger partial charge in [-0.25, -0.2) is 13.2 Å². The highest BCUT2D eigenvalue weighted by Crippen LogP contribution is 2.32. The zero-order valence-corrected chi connectivity index (χ0v) is 15.5. The van der Waals surface area contributed by atoms with Gasteiger partial charge in [0.05, 0.1) is 11.4 Å². The third-order valence-electron chi connectivity index (χ3n) is 4.50. The molecule has 3 rings (SSSR count). The summed E-state index contributed by atoms with van der Waals surface area (Å²) in [6.07, 6.45) is -4.14. The van der Waals surface area contributed by atoms with Crippen LogP contribution in [0.3, 0.4) is 0 Å². The molecule has 1 aromatic heterocycles. The van der Waals surface area contributed by atoms with E-state index in [0.29, 0.717) is 12.0 Å². The smallest absolute Gasteiger partial charge is 0.378 e. The molecule has 0 unspecified atom stereocenters. The minimum atomic E-state index is -4.61. The van der Waals surface area contributed by atoms with Crippen LogP contribution in [0.2, 0.25) is 0 Å². The number of hydrogen-bond donors (Lipinski definition) is 1. The Kier molecular flexibility index (Phi) is 5.59. The molecule has 0 radical (unpaired) electrons. The van der Waals surface area contributed by atoms with Crippen LogP contribution in [0.1, 0.15) is 23.7 Å². The van der Waals surface area contributed by atoms with Crippen molar-refractivity contribution in [3.05, 3.63) is 70.7 Å². The maximum Gasteiger partial charge on any atom is 0.435 e. The SMILES string of the molecule is CCc1cc(F)c(CNc2ccc(-c3cc(C(F)(F)F)nn3C)cc2F)c(F)c1. The number of nitrogens with one attached hydrogen (secondary N) is 1. The van der Waals surface area contributed by atoms with Gasteiger partial charge in [0.2, 0.25) is 0 Å². The maximum absolute atomic E-state index is 14.4. The number of hydrogen-bond acceptors (Lipinski definition) is 2. The van der Waals surface area contributed by atoms with Gasteiger partial charge in [0.25, 0.3) is 0 Å². The topological polar surface area (TPSA) is 29.9 Å². The summed E-state index contributed by atoms with van der Waals surface area (Å²) in [7, 11) is 1.32. The molecule has 0 aliphatic heterocycles. The minimum Gasteiger partial charge on any atom is -0.378 e. The lowest BCUT2D eigenvalue weighted by Crippen LogP contribution is -2.07. The lowest BCUT2D eigenvalue weighted by atomic mass is 10.1. The summed E-state index contributed by atoms with van der Waals surface area (Å²) in [4.78, 5) is 0. The zero-order valence-electron chi connectivity index (χ0n) is 15.5. The average molecular weight is 413 g/mol. The van der Waals surface area contributed by atoms with Crippen molar-refractivity contribution in [2.24, 2.45) is 7.05 Å². The fourth-order valence-electron chi connectivity index (χ4n) is 2.91. The van der Waals surface area contributed by atoms with Gasteiger partial charge in [-0.15, -0.1) is 0 Å². The van der Waals surface area contributed by atoms with Crippen LogP contribution in [-0.2, 0) is 26.2 Å². The fourth-order valence-corrected chi connectivity index (χ4v) is 2.91. The monoisotopic (exact) mass is 413 g/mol. The fraction of sp³-hybridized carbons (Fsp3) is 0.250. The molecule has 0 fully saturated rings. The molecule has 0 spiro atoms. The Labute approximate surface area is 163 Å². The van der Waals surface area contributed by atoms with E-state index in [4.69, 9.17) is 0 Å². The van der Waals surface area contributed by atoms with Crippen molar-refractivity contribution in [3.8, 4) is 11.3 Å². The maximum atomic E-state index is 14.4. The highest BCUT2D eigenvalue weighted by atomic mass is 19.4. The van der Waals surface area contributed by atoms with Crippen molar-refractivity contribution >= 4 is 5.69 Å². The number of anilines is 1. The van der Waals surface area contributed by atoms with E-state index in [1.54, 1.807) is 6.92 Å². The Hall–Kier alpha value is -2.97. The Balaban J connectivity index is 1.82. The van der Waals surface area contributed by atoms with Gasteiger partial charge in [0.1, 0.15) is 17.5 Å². The predicted octanol–water partition coefficient (Wildman–Crippen LogP) is 5.70. The normalized spacial score (nSPS) is 11.7. The first kappa shape index (κ1) is 20.8. The third kappa shape index (κ3) is 4.38. The lowest BCUT2D eigenvalue weighted by Gasteiger charge is -2.12. The van der Waals surface area contributed by atoms with Crippen LogP contribution < -0.4 is 5.32 Å². The van der Waals surface area contributed by atoms with Crippen molar-refractivity contribution < 1.29 is 26.3 Å². The van der Waals surface area contributed by atoms with Crippen molar-refractivity contribution in [3.63, 3.8) is 0 Å². The second-order valence-corrected chi connectivity index (χ2v) is 6.48. The summed E-state index contributed by atoms with van der Waals surface area (Å²) in [6.45, 7) is 1.48. The van der Waals surface area contributed by atoms with Crippen molar-refractivity contribution in [1.82, 2.24) is 9.78 Å². The second-order valence-electron chi connectivity index (χ2n) is 6.48. The minimum absolute atomic E-state index is 0.0367. The molecule has 3 aromatic rings. The molecule has 0 bridgehead atoms. The first-order valence-electron chi connectivity index (χ1n) is 8.72. The van der Waals surface area contributed by atoms with E-state index in [2.05, 4.69) is 10.4 Å². The van der Waals surface area contributed by atoms with Gasteiger partial charge in [-0.1, -0.05) is 13.0 Å². The third-order valence-corrected chi connectivity index (χ3v) is 4.50. The summed E-state index contributed by atoms with van der Waals surface area (Å²) in [5.74, 6) is -2.25. The van der Waals surface area contributed by atoms with Gasteiger partial charge in [0, 0.05) is 24.7 Å². The molecule has 0 aliphatic carbocycles. The summed E-state index contributed by atoms with van der Waals surface area (Å²) in [5, 5.41) is 6.00. The molecular weight excluding hydrogens is 396 g/mol. The van der Waals surface area contributed by atoms with Gasteiger partial charge in [0.15, 0.2) is 5.69 Å². The van der Waals surface area contributed by atoms with Crippen LogP contribution in [0.5, 0.6) is 0 Å². The first-order valence-corrected chi connectivity index (χ1v) is 8.72. The summed E-state index contributed by atoms with van der Waals surface area (Å²) >= 11 is 0. The number of nitrogens with zero attached hydrogens (tertiary/aromatic N) is 2. The second kappa shape index (κ2) is 7.81. The molecule has 0 amide bonds. The molecule has 1 N–H and O–H groups in total. The highest BCUT2D eigenvalue weighted by molar-refractivity contribution is 5.64.